The van der Waals surface area contributed by atoms with E-state index < -0.39 is 0 Å². The third-order valence-electron chi connectivity index (χ3n) is 2.55. The molecule has 1 aromatic rings. The Morgan fingerprint density at radius 1 is 1.35 bits per heavy atom. The Kier molecular flexibility index (Phi) is 5.45. The maximum absolute atomic E-state index is 9.07. The molecule has 0 aromatic heterocycles. The molecule has 0 saturated carbocycles. The predicted octanol–water partition coefficient (Wildman–Crippen LogP) is 3.23. The van der Waals surface area contributed by atoms with Crippen LogP contribution in [0.25, 0.3) is 0 Å². The molecule has 0 spiro atoms. The first-order chi connectivity index (χ1) is 8.17. The Morgan fingerprint density at radius 2 is 2.00 bits per heavy atom. The van der Waals surface area contributed by atoms with Crippen molar-refractivity contribution in [3.63, 3.8) is 0 Å². The lowest BCUT2D eigenvalue weighted by molar-refractivity contribution is 0.645. The number of rotatable bonds is 6. The van der Waals surface area contributed by atoms with Crippen LogP contribution < -0.4 is 5.32 Å². The summed E-state index contributed by atoms with van der Waals surface area (Å²) in [6.45, 7) is 8.69. The minimum atomic E-state index is -0.249. The molecule has 0 saturated heterocycles. The number of hydrogen-bond acceptors (Lipinski definition) is 2. The van der Waals surface area contributed by atoms with Crippen molar-refractivity contribution >= 4 is 0 Å². The predicted molar refractivity (Wildman–Crippen MR) is 71.5 cm³/mol. The van der Waals surface area contributed by atoms with Gasteiger partial charge in [-0.25, -0.2) is 0 Å². The van der Waals surface area contributed by atoms with Crippen molar-refractivity contribution in [1.29, 1.82) is 5.26 Å². The zero-order valence-electron chi connectivity index (χ0n) is 10.6. The van der Waals surface area contributed by atoms with Crippen molar-refractivity contribution in [2.45, 2.75) is 26.3 Å². The van der Waals surface area contributed by atoms with Crippen LogP contribution in [-0.2, 0) is 6.42 Å². The molecule has 90 valence electrons. The summed E-state index contributed by atoms with van der Waals surface area (Å²) in [6.07, 6.45) is 2.84. The molecule has 1 rings (SSSR count). The summed E-state index contributed by atoms with van der Waals surface area (Å²) < 4.78 is 0. The van der Waals surface area contributed by atoms with E-state index >= 15 is 0 Å². The minimum absolute atomic E-state index is 0.249. The van der Waals surface area contributed by atoms with E-state index in [9.17, 15) is 0 Å². The van der Waals surface area contributed by atoms with Crippen LogP contribution in [0.1, 0.15) is 31.0 Å². The van der Waals surface area contributed by atoms with Crippen LogP contribution in [0.5, 0.6) is 0 Å². The third-order valence-corrected chi connectivity index (χ3v) is 2.55. The van der Waals surface area contributed by atoms with Crippen molar-refractivity contribution in [3.8, 4) is 6.07 Å². The highest BCUT2D eigenvalue weighted by Gasteiger charge is 2.08. The molecule has 0 heterocycles. The number of nitrogens with one attached hydrogen (secondary N) is 1. The monoisotopic (exact) mass is 228 g/mol. The Morgan fingerprint density at radius 3 is 2.47 bits per heavy atom. The summed E-state index contributed by atoms with van der Waals surface area (Å²) in [5.41, 5.74) is 2.34. The van der Waals surface area contributed by atoms with Gasteiger partial charge in [-0.15, -0.1) is 6.58 Å². The van der Waals surface area contributed by atoms with Gasteiger partial charge in [0.15, 0.2) is 0 Å². The van der Waals surface area contributed by atoms with Crippen LogP contribution in [0.2, 0.25) is 0 Å². The largest absolute Gasteiger partial charge is 0.295 e. The van der Waals surface area contributed by atoms with Crippen LogP contribution in [-0.4, -0.2) is 6.54 Å². The van der Waals surface area contributed by atoms with Crippen LogP contribution in [0.15, 0.2) is 36.9 Å². The van der Waals surface area contributed by atoms with Gasteiger partial charge in [0.1, 0.15) is 6.04 Å². The van der Waals surface area contributed by atoms with Crippen molar-refractivity contribution in [2.24, 2.45) is 5.92 Å². The smallest absolute Gasteiger partial charge is 0.121 e. The molecule has 2 heteroatoms. The van der Waals surface area contributed by atoms with Gasteiger partial charge in [0.25, 0.3) is 0 Å². The fourth-order valence-corrected chi connectivity index (χ4v) is 1.76. The van der Waals surface area contributed by atoms with E-state index in [1.165, 1.54) is 5.56 Å². The topological polar surface area (TPSA) is 35.8 Å². The highest BCUT2D eigenvalue weighted by molar-refractivity contribution is 5.28. The number of benzene rings is 1. The molecular formula is C15H20N2. The lowest BCUT2D eigenvalue weighted by Gasteiger charge is -2.11. The molecule has 1 unspecified atom stereocenters. The standard InChI is InChI=1S/C15H20N2/c1-4-9-17-15(11-16)14-7-5-13(6-8-14)10-12(2)3/h4-8,12,15,17H,1,9-10H2,2-3H3. The maximum atomic E-state index is 9.07. The van der Waals surface area contributed by atoms with Crippen molar-refractivity contribution in [3.05, 3.63) is 48.0 Å². The first-order valence-electron chi connectivity index (χ1n) is 6.00. The molecule has 0 radical (unpaired) electrons. The van der Waals surface area contributed by atoms with Crippen LogP contribution >= 0.6 is 0 Å². The molecule has 0 aliphatic carbocycles. The molecule has 1 aromatic carbocycles. The molecule has 0 fully saturated rings. The SMILES string of the molecule is C=CCNC(C#N)c1ccc(CC(C)C)cc1. The van der Waals surface area contributed by atoms with Crippen LogP contribution in [0, 0.1) is 17.2 Å². The lowest BCUT2D eigenvalue weighted by Crippen LogP contribution is -2.19. The van der Waals surface area contributed by atoms with E-state index in [0.29, 0.717) is 12.5 Å². The summed E-state index contributed by atoms with van der Waals surface area (Å²) in [5, 5.41) is 12.2. The maximum Gasteiger partial charge on any atom is 0.121 e. The number of nitriles is 1. The summed E-state index contributed by atoms with van der Waals surface area (Å²) in [7, 11) is 0. The molecule has 1 N–H and O–H groups in total. The summed E-state index contributed by atoms with van der Waals surface area (Å²) >= 11 is 0. The molecule has 2 nitrogen and oxygen atoms in total. The first-order valence-corrected chi connectivity index (χ1v) is 6.00. The van der Waals surface area contributed by atoms with E-state index in [1.807, 2.05) is 12.1 Å². The zero-order chi connectivity index (χ0) is 12.7. The van der Waals surface area contributed by atoms with Gasteiger partial charge in [-0.2, -0.15) is 5.26 Å². The highest BCUT2D eigenvalue weighted by Crippen LogP contribution is 2.15. The molecule has 1 atom stereocenters. The average Bonchev–Trinajstić information content (AvgIpc) is 2.31. The summed E-state index contributed by atoms with van der Waals surface area (Å²) in [4.78, 5) is 0. The van der Waals surface area contributed by atoms with Crippen molar-refractivity contribution in [1.82, 2.24) is 5.32 Å². The second kappa shape index (κ2) is 6.88. The first kappa shape index (κ1) is 13.5. The van der Waals surface area contributed by atoms with E-state index in [1.54, 1.807) is 6.08 Å². The fourth-order valence-electron chi connectivity index (χ4n) is 1.76. The van der Waals surface area contributed by atoms with Gasteiger partial charge in [0, 0.05) is 6.54 Å². The third kappa shape index (κ3) is 4.42. The van der Waals surface area contributed by atoms with E-state index in [2.05, 4.69) is 43.9 Å². The number of nitrogens with zero attached hydrogens (tertiary/aromatic N) is 1. The Hall–Kier alpha value is -1.59. The van der Waals surface area contributed by atoms with Gasteiger partial charge >= 0.3 is 0 Å². The van der Waals surface area contributed by atoms with Crippen LogP contribution in [0.4, 0.5) is 0 Å². The normalized spacial score (nSPS) is 12.1. The van der Waals surface area contributed by atoms with Gasteiger partial charge in [0.2, 0.25) is 0 Å². The second-order valence-corrected chi connectivity index (χ2v) is 4.60. The number of hydrogen-bond donors (Lipinski definition) is 1. The van der Waals surface area contributed by atoms with E-state index in [-0.39, 0.29) is 6.04 Å². The quantitative estimate of drug-likeness (QED) is 0.759. The van der Waals surface area contributed by atoms with E-state index in [4.69, 9.17) is 5.26 Å². The zero-order valence-corrected chi connectivity index (χ0v) is 10.6. The Labute approximate surface area is 104 Å². The summed E-state index contributed by atoms with van der Waals surface area (Å²) in [5.74, 6) is 0.659. The molecule has 17 heavy (non-hydrogen) atoms. The van der Waals surface area contributed by atoms with Crippen LogP contribution in [0.3, 0.4) is 0 Å². The van der Waals surface area contributed by atoms with Crippen molar-refractivity contribution in [2.75, 3.05) is 6.54 Å². The van der Waals surface area contributed by atoms with Gasteiger partial charge in [-0.05, 0) is 23.5 Å². The second-order valence-electron chi connectivity index (χ2n) is 4.60. The molecule has 0 aliphatic rings. The van der Waals surface area contributed by atoms with Gasteiger partial charge in [0.05, 0.1) is 6.07 Å². The lowest BCUT2D eigenvalue weighted by atomic mass is 10.00. The average molecular weight is 228 g/mol. The summed E-state index contributed by atoms with van der Waals surface area (Å²) in [6, 6.07) is 10.3. The molecular weight excluding hydrogens is 208 g/mol. The molecule has 0 bridgehead atoms. The van der Waals surface area contributed by atoms with Gasteiger partial charge in [-0.1, -0.05) is 44.2 Å². The Bertz CT molecular complexity index is 384. The fraction of sp³-hybridized carbons (Fsp3) is 0.400. The molecule has 0 amide bonds. The van der Waals surface area contributed by atoms with Crippen molar-refractivity contribution < 1.29 is 0 Å². The van der Waals surface area contributed by atoms with Gasteiger partial charge < -0.3 is 0 Å². The minimum Gasteiger partial charge on any atom is -0.295 e. The molecule has 0 aliphatic heterocycles. The Balaban J connectivity index is 2.71. The highest BCUT2D eigenvalue weighted by atomic mass is 14.9. The van der Waals surface area contributed by atoms with E-state index in [0.717, 1.165) is 12.0 Å². The van der Waals surface area contributed by atoms with Gasteiger partial charge in [-0.3, -0.25) is 5.32 Å².